The van der Waals surface area contributed by atoms with Crippen molar-refractivity contribution in [2.75, 3.05) is 13.2 Å². The third kappa shape index (κ3) is 3.32. The molecular formula is C16H18BrNO4. The van der Waals surface area contributed by atoms with Gasteiger partial charge in [0.05, 0.1) is 25.2 Å². The second-order valence-electron chi connectivity index (χ2n) is 4.82. The summed E-state index contributed by atoms with van der Waals surface area (Å²) >= 11 is 3.45. The van der Waals surface area contributed by atoms with Gasteiger partial charge in [-0.25, -0.2) is 4.79 Å². The molecule has 1 N–H and O–H groups in total. The maximum atomic E-state index is 12.1. The van der Waals surface area contributed by atoms with Crippen molar-refractivity contribution in [3.05, 3.63) is 33.4 Å². The molecule has 1 aromatic heterocycles. The van der Waals surface area contributed by atoms with Crippen molar-refractivity contribution < 1.29 is 19.1 Å². The fourth-order valence-electron chi connectivity index (χ4n) is 2.36. The Kier molecular flexibility index (Phi) is 5.24. The minimum atomic E-state index is -0.365. The van der Waals surface area contributed by atoms with Crippen LogP contribution in [-0.4, -0.2) is 30.1 Å². The van der Waals surface area contributed by atoms with Crippen LogP contribution in [0, 0.1) is 6.92 Å². The predicted octanol–water partition coefficient (Wildman–Crippen LogP) is 3.52. The van der Waals surface area contributed by atoms with E-state index in [9.17, 15) is 9.59 Å². The van der Waals surface area contributed by atoms with E-state index in [0.29, 0.717) is 18.8 Å². The Morgan fingerprint density at radius 3 is 2.50 bits per heavy atom. The van der Waals surface area contributed by atoms with Crippen LogP contribution in [-0.2, 0) is 20.7 Å². The number of carbonyl (C=O) groups excluding carboxylic acids is 2. The summed E-state index contributed by atoms with van der Waals surface area (Å²) in [5, 5.41) is 0.749. The molecule has 0 spiro atoms. The number of rotatable bonds is 5. The Balaban J connectivity index is 2.48. The van der Waals surface area contributed by atoms with Gasteiger partial charge in [0.2, 0.25) is 0 Å². The lowest BCUT2D eigenvalue weighted by Gasteiger charge is -2.06. The normalized spacial score (nSPS) is 10.7. The van der Waals surface area contributed by atoms with Crippen molar-refractivity contribution in [3.63, 3.8) is 0 Å². The molecule has 2 rings (SSSR count). The van der Waals surface area contributed by atoms with E-state index >= 15 is 0 Å². The number of aromatic nitrogens is 1. The Morgan fingerprint density at radius 1 is 1.18 bits per heavy atom. The molecule has 0 saturated carbocycles. The molecule has 0 atom stereocenters. The van der Waals surface area contributed by atoms with Gasteiger partial charge in [-0.2, -0.15) is 0 Å². The summed E-state index contributed by atoms with van der Waals surface area (Å²) in [5.41, 5.74) is 2.85. The van der Waals surface area contributed by atoms with Gasteiger partial charge < -0.3 is 14.5 Å². The van der Waals surface area contributed by atoms with E-state index in [1.54, 1.807) is 13.8 Å². The third-order valence-corrected chi connectivity index (χ3v) is 4.01. The second-order valence-corrected chi connectivity index (χ2v) is 5.67. The number of fused-ring (bicyclic) bond motifs is 1. The van der Waals surface area contributed by atoms with Crippen LogP contribution in [0.5, 0.6) is 0 Å². The largest absolute Gasteiger partial charge is 0.466 e. The number of H-pyrrole nitrogens is 1. The Morgan fingerprint density at radius 2 is 1.86 bits per heavy atom. The maximum Gasteiger partial charge on any atom is 0.340 e. The molecule has 0 fully saturated rings. The summed E-state index contributed by atoms with van der Waals surface area (Å²) in [6.45, 7) is 6.02. The highest BCUT2D eigenvalue weighted by Crippen LogP contribution is 2.29. The molecule has 1 aromatic carbocycles. The molecule has 5 nitrogen and oxygen atoms in total. The second kappa shape index (κ2) is 6.96. The first kappa shape index (κ1) is 16.5. The topological polar surface area (TPSA) is 68.4 Å². The van der Waals surface area contributed by atoms with E-state index in [1.807, 2.05) is 19.1 Å². The summed E-state index contributed by atoms with van der Waals surface area (Å²) in [4.78, 5) is 27.0. The zero-order valence-corrected chi connectivity index (χ0v) is 14.4. The van der Waals surface area contributed by atoms with Crippen LogP contribution in [0.1, 0.15) is 35.5 Å². The molecule has 2 aromatic rings. The van der Waals surface area contributed by atoms with Gasteiger partial charge >= 0.3 is 11.9 Å². The minimum absolute atomic E-state index is 0.150. The van der Waals surface area contributed by atoms with E-state index in [1.165, 1.54) is 0 Å². The molecule has 0 aliphatic rings. The monoisotopic (exact) mass is 367 g/mol. The van der Waals surface area contributed by atoms with Crippen molar-refractivity contribution in [3.8, 4) is 0 Å². The van der Waals surface area contributed by atoms with Gasteiger partial charge in [-0.3, -0.25) is 4.79 Å². The summed E-state index contributed by atoms with van der Waals surface area (Å²) in [6.07, 6.45) is 0.150. The number of hydrogen-bond donors (Lipinski definition) is 1. The van der Waals surface area contributed by atoms with E-state index in [-0.39, 0.29) is 18.4 Å². The lowest BCUT2D eigenvalue weighted by Crippen LogP contribution is -2.08. The lowest BCUT2D eigenvalue weighted by atomic mass is 10.1. The van der Waals surface area contributed by atoms with E-state index in [0.717, 1.165) is 26.6 Å². The number of halogens is 1. The van der Waals surface area contributed by atoms with Crippen LogP contribution in [0.25, 0.3) is 10.9 Å². The zero-order valence-electron chi connectivity index (χ0n) is 12.8. The van der Waals surface area contributed by atoms with Gasteiger partial charge in [0, 0.05) is 21.1 Å². The Labute approximate surface area is 137 Å². The fourth-order valence-corrected chi connectivity index (χ4v) is 2.85. The SMILES string of the molecule is CCOC(=O)Cc1cc2c(C(=O)OCC)c(C)[nH]c2cc1Br. The molecular weight excluding hydrogens is 350 g/mol. The van der Waals surface area contributed by atoms with Crippen molar-refractivity contribution >= 4 is 38.8 Å². The number of carbonyl (C=O) groups is 2. The van der Waals surface area contributed by atoms with Crippen molar-refractivity contribution in [1.29, 1.82) is 0 Å². The van der Waals surface area contributed by atoms with Crippen molar-refractivity contribution in [1.82, 2.24) is 4.98 Å². The highest BCUT2D eigenvalue weighted by molar-refractivity contribution is 9.10. The number of esters is 2. The first-order valence-electron chi connectivity index (χ1n) is 7.11. The van der Waals surface area contributed by atoms with Crippen LogP contribution in [0.4, 0.5) is 0 Å². The van der Waals surface area contributed by atoms with Gasteiger partial charge in [0.15, 0.2) is 0 Å². The quantitative estimate of drug-likeness (QED) is 0.820. The maximum absolute atomic E-state index is 12.1. The molecule has 0 radical (unpaired) electrons. The summed E-state index contributed by atoms with van der Waals surface area (Å²) in [5.74, 6) is -0.664. The van der Waals surface area contributed by atoms with Crippen LogP contribution in [0.15, 0.2) is 16.6 Å². The van der Waals surface area contributed by atoms with Gasteiger partial charge in [0.25, 0.3) is 0 Å². The molecule has 0 amide bonds. The van der Waals surface area contributed by atoms with E-state index in [2.05, 4.69) is 20.9 Å². The summed E-state index contributed by atoms with van der Waals surface area (Å²) in [6, 6.07) is 3.69. The highest BCUT2D eigenvalue weighted by Gasteiger charge is 2.19. The molecule has 0 aliphatic heterocycles. The number of ether oxygens (including phenoxy) is 2. The molecule has 22 heavy (non-hydrogen) atoms. The number of benzene rings is 1. The van der Waals surface area contributed by atoms with Gasteiger partial charge in [-0.05, 0) is 38.5 Å². The molecule has 0 bridgehead atoms. The fraction of sp³-hybridized carbons (Fsp3) is 0.375. The molecule has 1 heterocycles. The van der Waals surface area contributed by atoms with Gasteiger partial charge in [0.1, 0.15) is 0 Å². The summed E-state index contributed by atoms with van der Waals surface area (Å²) < 4.78 is 10.9. The zero-order chi connectivity index (χ0) is 16.3. The average molecular weight is 368 g/mol. The third-order valence-electron chi connectivity index (χ3n) is 3.27. The Bertz CT molecular complexity index is 720. The van der Waals surface area contributed by atoms with Gasteiger partial charge in [-0.15, -0.1) is 0 Å². The standard InChI is InChI=1S/C16H18BrNO4/c1-4-21-14(19)7-10-6-11-13(8-12(10)17)18-9(3)15(11)16(20)22-5-2/h6,8,18H,4-5,7H2,1-3H3. The molecule has 0 unspecified atom stereocenters. The van der Waals surface area contributed by atoms with Crippen LogP contribution in [0.3, 0.4) is 0 Å². The molecule has 118 valence electrons. The smallest absolute Gasteiger partial charge is 0.340 e. The van der Waals surface area contributed by atoms with E-state index in [4.69, 9.17) is 9.47 Å². The molecule has 0 aliphatic carbocycles. The average Bonchev–Trinajstić information content (AvgIpc) is 2.74. The number of aryl methyl sites for hydroxylation is 1. The number of nitrogens with one attached hydrogen (secondary N) is 1. The predicted molar refractivity (Wildman–Crippen MR) is 87.0 cm³/mol. The Hall–Kier alpha value is -1.82. The van der Waals surface area contributed by atoms with E-state index < -0.39 is 0 Å². The van der Waals surface area contributed by atoms with Crippen LogP contribution in [0.2, 0.25) is 0 Å². The lowest BCUT2D eigenvalue weighted by molar-refractivity contribution is -0.142. The highest BCUT2D eigenvalue weighted by atomic mass is 79.9. The first-order valence-corrected chi connectivity index (χ1v) is 7.90. The van der Waals surface area contributed by atoms with Crippen molar-refractivity contribution in [2.24, 2.45) is 0 Å². The van der Waals surface area contributed by atoms with Gasteiger partial charge in [-0.1, -0.05) is 15.9 Å². The summed E-state index contributed by atoms with van der Waals surface area (Å²) in [7, 11) is 0. The number of aromatic amines is 1. The molecule has 6 heteroatoms. The van der Waals surface area contributed by atoms with Crippen molar-refractivity contribution in [2.45, 2.75) is 27.2 Å². The molecule has 0 saturated heterocycles. The first-order chi connectivity index (χ1) is 10.5. The minimum Gasteiger partial charge on any atom is -0.466 e. The van der Waals surface area contributed by atoms with Crippen LogP contribution >= 0.6 is 15.9 Å². The number of hydrogen-bond acceptors (Lipinski definition) is 4. The van der Waals surface area contributed by atoms with Crippen LogP contribution < -0.4 is 0 Å².